The summed E-state index contributed by atoms with van der Waals surface area (Å²) in [5.74, 6) is -4.36. The summed E-state index contributed by atoms with van der Waals surface area (Å²) in [5, 5.41) is 4.92. The third-order valence-electron chi connectivity index (χ3n) is 4.64. The molecule has 2 atom stereocenters. The molecule has 148 valence electrons. The van der Waals surface area contributed by atoms with E-state index in [9.17, 15) is 27.2 Å². The van der Waals surface area contributed by atoms with E-state index in [1.165, 1.54) is 26.0 Å². The molecule has 2 aromatic rings. The number of rotatable bonds is 4. The molecule has 3 rings (SSSR count). The molecule has 0 saturated heterocycles. The van der Waals surface area contributed by atoms with Crippen molar-refractivity contribution in [3.63, 3.8) is 0 Å². The van der Waals surface area contributed by atoms with Crippen molar-refractivity contribution in [1.82, 2.24) is 10.2 Å². The van der Waals surface area contributed by atoms with Gasteiger partial charge in [-0.1, -0.05) is 6.07 Å². The molecule has 0 radical (unpaired) electrons. The van der Waals surface area contributed by atoms with Crippen molar-refractivity contribution in [3.05, 3.63) is 64.7 Å². The molecule has 0 fully saturated rings. The summed E-state index contributed by atoms with van der Waals surface area (Å²) in [4.78, 5) is 25.6. The minimum absolute atomic E-state index is 0.0648. The van der Waals surface area contributed by atoms with Gasteiger partial charge in [0.1, 0.15) is 18.2 Å². The number of halogens is 4. The number of fused-ring (bicyclic) bond motifs is 1. The van der Waals surface area contributed by atoms with Crippen LogP contribution in [0.25, 0.3) is 0 Å². The van der Waals surface area contributed by atoms with E-state index in [1.54, 1.807) is 0 Å². The van der Waals surface area contributed by atoms with Crippen molar-refractivity contribution in [2.75, 3.05) is 11.9 Å². The van der Waals surface area contributed by atoms with Crippen molar-refractivity contribution in [3.8, 4) is 0 Å². The molecule has 0 saturated carbocycles. The van der Waals surface area contributed by atoms with Gasteiger partial charge in [0.15, 0.2) is 11.6 Å². The number of hydrogen-bond acceptors (Lipinski definition) is 2. The van der Waals surface area contributed by atoms with Crippen LogP contribution in [0.2, 0.25) is 0 Å². The van der Waals surface area contributed by atoms with E-state index in [0.717, 1.165) is 17.0 Å². The Bertz CT molecular complexity index is 951. The topological polar surface area (TPSA) is 61.4 Å². The zero-order chi connectivity index (χ0) is 20.6. The predicted molar refractivity (Wildman–Crippen MR) is 93.4 cm³/mol. The number of carbonyl (C=O) groups excluding carboxylic acids is 2. The van der Waals surface area contributed by atoms with Crippen molar-refractivity contribution in [2.45, 2.75) is 25.9 Å². The molecule has 1 aliphatic heterocycles. The number of carbonyl (C=O) groups is 2. The van der Waals surface area contributed by atoms with Crippen LogP contribution in [0.3, 0.4) is 0 Å². The van der Waals surface area contributed by atoms with Crippen LogP contribution in [-0.4, -0.2) is 23.4 Å². The third-order valence-corrected chi connectivity index (χ3v) is 4.64. The standard InChI is InChI=1S/C19H17F4N3O2/c1-9(12-4-3-11(20)7-14(12)22)24-16(27)8-26-10(2)17-15(25-19(26)28)6-5-13(21)18(17)23/h3-7,9-10H,8H2,1-2H3,(H,24,27)(H,25,28)/t9-,10-/m0/s1. The van der Waals surface area contributed by atoms with Gasteiger partial charge in [-0.3, -0.25) is 4.79 Å². The molecule has 0 unspecified atom stereocenters. The summed E-state index contributed by atoms with van der Waals surface area (Å²) < 4.78 is 54.6. The van der Waals surface area contributed by atoms with E-state index in [-0.39, 0.29) is 16.8 Å². The molecule has 28 heavy (non-hydrogen) atoms. The van der Waals surface area contributed by atoms with E-state index in [0.29, 0.717) is 6.07 Å². The zero-order valence-corrected chi connectivity index (χ0v) is 15.0. The number of amides is 3. The third kappa shape index (κ3) is 3.64. The molecule has 5 nitrogen and oxygen atoms in total. The van der Waals surface area contributed by atoms with Crippen LogP contribution in [0.5, 0.6) is 0 Å². The average molecular weight is 395 g/mol. The van der Waals surface area contributed by atoms with Crippen molar-refractivity contribution >= 4 is 17.6 Å². The Kier molecular flexibility index (Phi) is 5.26. The lowest BCUT2D eigenvalue weighted by molar-refractivity contribution is -0.122. The molecule has 0 aliphatic carbocycles. The van der Waals surface area contributed by atoms with Gasteiger partial charge in [0.2, 0.25) is 5.91 Å². The lowest BCUT2D eigenvalue weighted by Gasteiger charge is -2.35. The minimum Gasteiger partial charge on any atom is -0.348 e. The normalized spacial score (nSPS) is 17.0. The van der Waals surface area contributed by atoms with Gasteiger partial charge in [0.05, 0.1) is 17.8 Å². The highest BCUT2D eigenvalue weighted by molar-refractivity contribution is 5.95. The lowest BCUT2D eigenvalue weighted by atomic mass is 10.0. The van der Waals surface area contributed by atoms with Crippen molar-refractivity contribution in [2.24, 2.45) is 0 Å². The smallest absolute Gasteiger partial charge is 0.322 e. The Labute approximate surface area is 158 Å². The van der Waals surface area contributed by atoms with E-state index < -0.39 is 53.8 Å². The van der Waals surface area contributed by atoms with Crippen LogP contribution in [0.15, 0.2) is 30.3 Å². The molecule has 2 N–H and O–H groups in total. The van der Waals surface area contributed by atoms with Gasteiger partial charge in [0.25, 0.3) is 0 Å². The molecule has 0 bridgehead atoms. The van der Waals surface area contributed by atoms with Crippen molar-refractivity contribution < 1.29 is 27.2 Å². The molecule has 1 heterocycles. The maximum Gasteiger partial charge on any atom is 0.322 e. The Morgan fingerprint density at radius 2 is 1.89 bits per heavy atom. The maximum absolute atomic E-state index is 14.2. The van der Waals surface area contributed by atoms with Crippen LogP contribution in [0, 0.1) is 23.3 Å². The summed E-state index contributed by atoms with van der Waals surface area (Å²) >= 11 is 0. The second-order valence-corrected chi connectivity index (χ2v) is 6.51. The zero-order valence-electron chi connectivity index (χ0n) is 15.0. The molecule has 9 heteroatoms. The number of nitrogens with one attached hydrogen (secondary N) is 2. The van der Waals surface area contributed by atoms with Crippen LogP contribution in [-0.2, 0) is 4.79 Å². The first-order chi connectivity index (χ1) is 13.2. The fourth-order valence-electron chi connectivity index (χ4n) is 3.18. The summed E-state index contributed by atoms with van der Waals surface area (Å²) in [7, 11) is 0. The predicted octanol–water partition coefficient (Wildman–Crippen LogP) is 4.03. The fraction of sp³-hybridized carbons (Fsp3) is 0.263. The van der Waals surface area contributed by atoms with Crippen LogP contribution >= 0.6 is 0 Å². The average Bonchev–Trinajstić information content (AvgIpc) is 2.61. The molecule has 2 aromatic carbocycles. The highest BCUT2D eigenvalue weighted by atomic mass is 19.2. The molecule has 0 spiro atoms. The van der Waals surface area contributed by atoms with Gasteiger partial charge in [-0.05, 0) is 32.0 Å². The Hall–Kier alpha value is -3.10. The monoisotopic (exact) mass is 395 g/mol. The largest absolute Gasteiger partial charge is 0.348 e. The summed E-state index contributed by atoms with van der Waals surface area (Å²) in [6, 6.07) is 2.78. The number of anilines is 1. The highest BCUT2D eigenvalue weighted by Gasteiger charge is 2.34. The summed E-state index contributed by atoms with van der Waals surface area (Å²) in [5.41, 5.74) is 0.143. The quantitative estimate of drug-likeness (QED) is 0.768. The summed E-state index contributed by atoms with van der Waals surface area (Å²) in [6.45, 7) is 2.50. The highest BCUT2D eigenvalue weighted by Crippen LogP contribution is 2.35. The number of hydrogen-bond donors (Lipinski definition) is 2. The second kappa shape index (κ2) is 7.49. The number of benzene rings is 2. The van der Waals surface area contributed by atoms with Crippen LogP contribution < -0.4 is 10.6 Å². The van der Waals surface area contributed by atoms with Crippen LogP contribution in [0.4, 0.5) is 28.0 Å². The molecule has 3 amide bonds. The van der Waals surface area contributed by atoms with Gasteiger partial charge in [-0.25, -0.2) is 22.4 Å². The number of urea groups is 1. The SMILES string of the molecule is C[C@H](NC(=O)CN1C(=O)Nc2ccc(F)c(F)c2[C@@H]1C)c1ccc(F)cc1F. The first-order valence-corrected chi connectivity index (χ1v) is 8.49. The first-order valence-electron chi connectivity index (χ1n) is 8.49. The van der Waals surface area contributed by atoms with E-state index >= 15 is 0 Å². The van der Waals surface area contributed by atoms with Gasteiger partial charge in [-0.2, -0.15) is 0 Å². The second-order valence-electron chi connectivity index (χ2n) is 6.51. The molecular weight excluding hydrogens is 378 g/mol. The minimum atomic E-state index is -1.10. The summed E-state index contributed by atoms with van der Waals surface area (Å²) in [6.07, 6.45) is 0. The van der Waals surface area contributed by atoms with Gasteiger partial charge in [0, 0.05) is 17.2 Å². The maximum atomic E-state index is 14.2. The van der Waals surface area contributed by atoms with Gasteiger partial charge in [-0.15, -0.1) is 0 Å². The Balaban J connectivity index is 1.74. The molecule has 0 aromatic heterocycles. The van der Waals surface area contributed by atoms with Crippen LogP contribution in [0.1, 0.15) is 37.1 Å². The molecule has 1 aliphatic rings. The molecular formula is C19H17F4N3O2. The lowest BCUT2D eigenvalue weighted by Crippen LogP contribution is -2.47. The van der Waals surface area contributed by atoms with Gasteiger partial charge < -0.3 is 15.5 Å². The fourth-order valence-corrected chi connectivity index (χ4v) is 3.18. The van der Waals surface area contributed by atoms with Crippen molar-refractivity contribution in [1.29, 1.82) is 0 Å². The van der Waals surface area contributed by atoms with E-state index in [2.05, 4.69) is 10.6 Å². The van der Waals surface area contributed by atoms with Gasteiger partial charge >= 0.3 is 6.03 Å². The number of nitrogens with zero attached hydrogens (tertiary/aromatic N) is 1. The van der Waals surface area contributed by atoms with E-state index in [4.69, 9.17) is 0 Å². The first kappa shape index (κ1) is 19.7. The Morgan fingerprint density at radius 3 is 2.57 bits per heavy atom. The van der Waals surface area contributed by atoms with E-state index in [1.807, 2.05) is 0 Å². The Morgan fingerprint density at radius 1 is 1.18 bits per heavy atom.